The summed E-state index contributed by atoms with van der Waals surface area (Å²) in [6, 6.07) is 0. The highest BCUT2D eigenvalue weighted by Gasteiger charge is 2.46. The van der Waals surface area contributed by atoms with Crippen molar-refractivity contribution in [2.24, 2.45) is 0 Å². The summed E-state index contributed by atoms with van der Waals surface area (Å²) in [4.78, 5) is 25.5. The van der Waals surface area contributed by atoms with Gasteiger partial charge in [-0.15, -0.1) is 0 Å². The summed E-state index contributed by atoms with van der Waals surface area (Å²) in [6.07, 6.45) is 37.6. The molecular formula is C50H90O12S. The molecule has 12 nitrogen and oxygen atoms in total. The van der Waals surface area contributed by atoms with Crippen LogP contribution in [0.2, 0.25) is 0 Å². The van der Waals surface area contributed by atoms with Crippen molar-refractivity contribution in [2.75, 3.05) is 19.0 Å². The molecule has 13 heteroatoms. The van der Waals surface area contributed by atoms with Crippen molar-refractivity contribution in [2.45, 2.75) is 250 Å². The van der Waals surface area contributed by atoms with Crippen molar-refractivity contribution in [3.8, 4) is 0 Å². The molecule has 1 heterocycles. The minimum atomic E-state index is -4.61. The summed E-state index contributed by atoms with van der Waals surface area (Å²) in [5, 5.41) is 30.9. The quantitative estimate of drug-likeness (QED) is 0.0197. The van der Waals surface area contributed by atoms with Crippen LogP contribution in [0.5, 0.6) is 0 Å². The Morgan fingerprint density at radius 1 is 0.540 bits per heavy atom. The molecule has 4 N–H and O–H groups in total. The first-order valence-electron chi connectivity index (χ1n) is 25.0. The smallest absolute Gasteiger partial charge is 0.306 e. The van der Waals surface area contributed by atoms with Crippen molar-refractivity contribution in [1.29, 1.82) is 0 Å². The Kier molecular flexibility index (Phi) is 37.5. The number of unbranched alkanes of at least 4 members (excludes halogenated alkanes) is 24. The molecule has 1 saturated heterocycles. The number of hydrogen-bond donors (Lipinski definition) is 4. The van der Waals surface area contributed by atoms with E-state index >= 15 is 0 Å². The number of ether oxygens (including phenoxy) is 4. The molecule has 0 bridgehead atoms. The van der Waals surface area contributed by atoms with Crippen LogP contribution in [0.25, 0.3) is 0 Å². The monoisotopic (exact) mass is 915 g/mol. The van der Waals surface area contributed by atoms with Gasteiger partial charge in [0.2, 0.25) is 0 Å². The molecule has 0 amide bonds. The molecule has 2 unspecified atom stereocenters. The van der Waals surface area contributed by atoms with Crippen molar-refractivity contribution in [3.63, 3.8) is 0 Å². The molecule has 1 aliphatic rings. The van der Waals surface area contributed by atoms with Crippen LogP contribution in [0.3, 0.4) is 0 Å². The topological polar surface area (TPSA) is 186 Å². The zero-order chi connectivity index (χ0) is 46.2. The van der Waals surface area contributed by atoms with Crippen molar-refractivity contribution < 1.29 is 56.8 Å². The SMILES string of the molecule is CCCCC/C=C/C/C=C/C/C=C/CCCCC(=O)OC[C@H](CO[C@H]1O[C@H](CS(=O)(=O)O)[C@@H](O)C(O)C1O)OC(=O)CCCCCCCCCCCCCCCCCCCCCC. The molecule has 0 aromatic heterocycles. The Balaban J connectivity index is 2.40. The van der Waals surface area contributed by atoms with E-state index in [4.69, 9.17) is 18.9 Å². The number of allylic oxidation sites excluding steroid dienone is 6. The van der Waals surface area contributed by atoms with Gasteiger partial charge in [0.25, 0.3) is 10.1 Å². The van der Waals surface area contributed by atoms with Crippen LogP contribution in [0.15, 0.2) is 36.5 Å². The highest BCUT2D eigenvalue weighted by atomic mass is 32.2. The number of esters is 2. The van der Waals surface area contributed by atoms with Gasteiger partial charge in [0, 0.05) is 12.8 Å². The van der Waals surface area contributed by atoms with E-state index in [0.29, 0.717) is 12.8 Å². The van der Waals surface area contributed by atoms with E-state index in [0.717, 1.165) is 51.4 Å². The van der Waals surface area contributed by atoms with E-state index in [1.54, 1.807) is 0 Å². The molecule has 368 valence electrons. The third kappa shape index (κ3) is 34.8. The van der Waals surface area contributed by atoms with Gasteiger partial charge in [-0.05, 0) is 51.4 Å². The summed E-state index contributed by atoms with van der Waals surface area (Å²) in [5.41, 5.74) is 0. The molecule has 63 heavy (non-hydrogen) atoms. The standard InChI is InChI=1S/C50H90O12S/c1-3-5-7-9-11-13-15-17-19-20-21-22-23-25-27-29-31-33-35-37-39-46(52)61-43(41-60-50-49(55)48(54)47(53)44(62-50)42-63(56,57)58)40-59-45(51)38-36-34-32-30-28-26-24-18-16-14-12-10-8-6-4-2/h12,14,18,24,28,30,43-44,47-50,53-55H,3-11,13,15-17,19-23,25-27,29,31-42H2,1-2H3,(H,56,57,58)/b14-12+,24-18+,30-28+/t43-,44-,47-,48?,49?,50+/m1/s1. The lowest BCUT2D eigenvalue weighted by atomic mass is 10.00. The zero-order valence-corrected chi connectivity index (χ0v) is 40.2. The molecule has 0 aliphatic carbocycles. The van der Waals surface area contributed by atoms with E-state index in [2.05, 4.69) is 50.3 Å². The Hall–Kier alpha value is -2.13. The predicted octanol–water partition coefficient (Wildman–Crippen LogP) is 11.0. The minimum Gasteiger partial charge on any atom is -0.462 e. The molecule has 6 atom stereocenters. The Bertz CT molecular complexity index is 1300. The maximum Gasteiger partial charge on any atom is 0.306 e. The van der Waals surface area contributed by atoms with Crippen LogP contribution in [0.1, 0.15) is 213 Å². The first-order chi connectivity index (χ1) is 30.5. The molecule has 0 aromatic rings. The van der Waals surface area contributed by atoms with Crippen LogP contribution in [-0.2, 0) is 38.7 Å². The summed E-state index contributed by atoms with van der Waals surface area (Å²) in [5.74, 6) is -2.02. The van der Waals surface area contributed by atoms with Crippen molar-refractivity contribution in [3.05, 3.63) is 36.5 Å². The van der Waals surface area contributed by atoms with E-state index in [1.807, 2.05) is 0 Å². The van der Waals surface area contributed by atoms with Crippen LogP contribution < -0.4 is 0 Å². The molecule has 1 aliphatic heterocycles. The highest BCUT2D eigenvalue weighted by Crippen LogP contribution is 2.24. The van der Waals surface area contributed by atoms with Gasteiger partial charge in [-0.3, -0.25) is 14.1 Å². The lowest BCUT2D eigenvalue weighted by molar-refractivity contribution is -0.297. The zero-order valence-electron chi connectivity index (χ0n) is 39.4. The van der Waals surface area contributed by atoms with Crippen LogP contribution in [0.4, 0.5) is 0 Å². The van der Waals surface area contributed by atoms with E-state index in [1.165, 1.54) is 122 Å². The van der Waals surface area contributed by atoms with Gasteiger partial charge in [0.05, 0.1) is 6.61 Å². The molecule has 0 aromatic carbocycles. The summed E-state index contributed by atoms with van der Waals surface area (Å²) in [6.45, 7) is 3.72. The normalized spacial score (nSPS) is 20.0. The average molecular weight is 915 g/mol. The van der Waals surface area contributed by atoms with Gasteiger partial charge in [-0.1, -0.05) is 185 Å². The Morgan fingerprint density at radius 3 is 1.44 bits per heavy atom. The highest BCUT2D eigenvalue weighted by molar-refractivity contribution is 7.85. The summed E-state index contributed by atoms with van der Waals surface area (Å²) in [7, 11) is -4.61. The van der Waals surface area contributed by atoms with E-state index in [9.17, 15) is 37.9 Å². The summed E-state index contributed by atoms with van der Waals surface area (Å²) < 4.78 is 54.1. The first kappa shape index (κ1) is 58.9. The van der Waals surface area contributed by atoms with Crippen molar-refractivity contribution in [1.82, 2.24) is 0 Å². The summed E-state index contributed by atoms with van der Waals surface area (Å²) >= 11 is 0. The van der Waals surface area contributed by atoms with Gasteiger partial charge < -0.3 is 34.3 Å². The fourth-order valence-corrected chi connectivity index (χ4v) is 8.26. The van der Waals surface area contributed by atoms with Gasteiger partial charge in [0.15, 0.2) is 12.4 Å². The fraction of sp³-hybridized carbons (Fsp3) is 0.840. The fourth-order valence-electron chi connectivity index (χ4n) is 7.57. The molecule has 0 saturated carbocycles. The average Bonchev–Trinajstić information content (AvgIpc) is 3.25. The van der Waals surface area contributed by atoms with Gasteiger partial charge in [-0.25, -0.2) is 0 Å². The van der Waals surface area contributed by atoms with Gasteiger partial charge in [0.1, 0.15) is 36.8 Å². The molecule has 1 fully saturated rings. The van der Waals surface area contributed by atoms with Crippen LogP contribution in [0, 0.1) is 0 Å². The number of aliphatic hydroxyl groups excluding tert-OH is 3. The number of carbonyl (C=O) groups is 2. The maximum atomic E-state index is 12.9. The first-order valence-corrected chi connectivity index (χ1v) is 26.7. The van der Waals surface area contributed by atoms with E-state index < -0.39 is 71.2 Å². The van der Waals surface area contributed by atoms with Gasteiger partial charge >= 0.3 is 11.9 Å². The largest absolute Gasteiger partial charge is 0.462 e. The second-order valence-electron chi connectivity index (χ2n) is 17.5. The number of carbonyl (C=O) groups excluding carboxylic acids is 2. The predicted molar refractivity (Wildman–Crippen MR) is 252 cm³/mol. The number of hydrogen-bond acceptors (Lipinski definition) is 11. The van der Waals surface area contributed by atoms with Crippen LogP contribution in [-0.4, -0.2) is 96.0 Å². The molecule has 0 spiro atoms. The lowest BCUT2D eigenvalue weighted by Gasteiger charge is -2.40. The molecule has 0 radical (unpaired) electrons. The number of rotatable bonds is 42. The Morgan fingerprint density at radius 2 is 0.952 bits per heavy atom. The van der Waals surface area contributed by atoms with Gasteiger partial charge in [-0.2, -0.15) is 8.42 Å². The third-order valence-corrected chi connectivity index (χ3v) is 12.2. The lowest BCUT2D eigenvalue weighted by Crippen LogP contribution is -2.60. The maximum absolute atomic E-state index is 12.9. The molecular weight excluding hydrogens is 825 g/mol. The van der Waals surface area contributed by atoms with Crippen LogP contribution >= 0.6 is 0 Å². The Labute approximate surface area is 382 Å². The number of aliphatic hydroxyl groups is 3. The second-order valence-corrected chi connectivity index (χ2v) is 19.0. The van der Waals surface area contributed by atoms with Crippen molar-refractivity contribution >= 4 is 22.1 Å². The van der Waals surface area contributed by atoms with E-state index in [-0.39, 0.29) is 19.4 Å². The third-order valence-electron chi connectivity index (χ3n) is 11.5. The second kappa shape index (κ2) is 40.2. The molecule has 1 rings (SSSR count). The minimum absolute atomic E-state index is 0.160.